The lowest BCUT2D eigenvalue weighted by Crippen LogP contribution is -2.29. The van der Waals surface area contributed by atoms with Crippen molar-refractivity contribution in [1.82, 2.24) is 0 Å². The average molecular weight is 198 g/mol. The van der Waals surface area contributed by atoms with Crippen LogP contribution in [0.15, 0.2) is 30.3 Å². The lowest BCUT2D eigenvalue weighted by atomic mass is 9.81. The number of aliphatic hydroxyl groups excluding tert-OH is 2. The zero-order chi connectivity index (χ0) is 11.0. The molecule has 1 aromatic carbocycles. The second-order valence-corrected chi connectivity index (χ2v) is 2.82. The number of hydrogen-bond acceptors (Lipinski definition) is 4. The second kappa shape index (κ2) is 7.52. The Morgan fingerprint density at radius 1 is 1.21 bits per heavy atom. The fourth-order valence-corrected chi connectivity index (χ4v) is 0.625. The summed E-state index contributed by atoms with van der Waals surface area (Å²) in [7, 11) is -1.34. The molecule has 4 nitrogen and oxygen atoms in total. The maximum absolute atomic E-state index is 8.58. The number of rotatable bonds is 2. The number of benzene rings is 1. The van der Waals surface area contributed by atoms with Crippen LogP contribution in [0.25, 0.3) is 0 Å². The van der Waals surface area contributed by atoms with Crippen molar-refractivity contribution in [3.63, 3.8) is 0 Å². The molecule has 1 atom stereocenters. The molecule has 14 heavy (non-hydrogen) atoms. The lowest BCUT2D eigenvalue weighted by molar-refractivity contribution is 0.110. The van der Waals surface area contributed by atoms with Gasteiger partial charge in [0.25, 0.3) is 0 Å². The molecule has 0 aliphatic heterocycles. The van der Waals surface area contributed by atoms with Gasteiger partial charge in [-0.05, 0) is 12.4 Å². The van der Waals surface area contributed by atoms with E-state index < -0.39 is 13.2 Å². The Morgan fingerprint density at radius 3 is 1.86 bits per heavy atom. The summed E-state index contributed by atoms with van der Waals surface area (Å²) in [6, 6.07) is 8.66. The Labute approximate surface area is 83.6 Å². The zero-order valence-electron chi connectivity index (χ0n) is 8.04. The van der Waals surface area contributed by atoms with Gasteiger partial charge in [0.15, 0.2) is 0 Å². The van der Waals surface area contributed by atoms with Crippen LogP contribution in [0.2, 0.25) is 0 Å². The van der Waals surface area contributed by atoms with Crippen LogP contribution in [0.5, 0.6) is 0 Å². The fourth-order valence-electron chi connectivity index (χ4n) is 0.625. The molecule has 0 saturated heterocycles. The van der Waals surface area contributed by atoms with Crippen LogP contribution >= 0.6 is 0 Å². The minimum absolute atomic E-state index is 0.139. The quantitative estimate of drug-likeness (QED) is 0.446. The van der Waals surface area contributed by atoms with E-state index in [1.54, 1.807) is 24.3 Å². The van der Waals surface area contributed by atoms with Crippen LogP contribution in [0.4, 0.5) is 0 Å². The Morgan fingerprint density at radius 2 is 1.64 bits per heavy atom. The van der Waals surface area contributed by atoms with Gasteiger partial charge in [0.05, 0.1) is 12.7 Å². The zero-order valence-corrected chi connectivity index (χ0v) is 8.04. The molecule has 0 radical (unpaired) electrons. The van der Waals surface area contributed by atoms with Gasteiger partial charge in [0, 0.05) is 0 Å². The number of hydrogen-bond donors (Lipinski definition) is 4. The third kappa shape index (κ3) is 6.62. The molecule has 78 valence electrons. The summed E-state index contributed by atoms with van der Waals surface area (Å²) in [6.07, 6.45) is -0.560. The molecule has 0 amide bonds. The molecule has 0 heterocycles. The molecule has 0 aliphatic carbocycles. The Balaban J connectivity index is 0.000000292. The highest BCUT2D eigenvalue weighted by Gasteiger charge is 2.07. The van der Waals surface area contributed by atoms with E-state index in [4.69, 9.17) is 20.3 Å². The smallest absolute Gasteiger partial charge is 0.423 e. The van der Waals surface area contributed by atoms with Gasteiger partial charge in [-0.15, -0.1) is 0 Å². The molecule has 5 heteroatoms. The summed E-state index contributed by atoms with van der Waals surface area (Å²) < 4.78 is 0. The molecule has 4 N–H and O–H groups in total. The summed E-state index contributed by atoms with van der Waals surface area (Å²) in [5.41, 5.74) is 0.525. The molecule has 0 spiro atoms. The van der Waals surface area contributed by atoms with Crippen molar-refractivity contribution in [2.24, 2.45) is 0 Å². The first-order chi connectivity index (χ1) is 6.57. The summed E-state index contributed by atoms with van der Waals surface area (Å²) in [6.45, 7) is 1.39. The van der Waals surface area contributed by atoms with Gasteiger partial charge >= 0.3 is 7.12 Å². The van der Waals surface area contributed by atoms with Crippen molar-refractivity contribution in [3.05, 3.63) is 30.3 Å². The fraction of sp³-hybridized carbons (Fsp3) is 0.333. The molecule has 0 aromatic heterocycles. The van der Waals surface area contributed by atoms with E-state index in [0.29, 0.717) is 5.46 Å². The summed E-state index contributed by atoms with van der Waals surface area (Å²) in [5, 5.41) is 33.2. The van der Waals surface area contributed by atoms with Crippen LogP contribution in [0.3, 0.4) is 0 Å². The molecule has 0 bridgehead atoms. The van der Waals surface area contributed by atoms with E-state index in [1.165, 1.54) is 6.92 Å². The highest BCUT2D eigenvalue weighted by atomic mass is 16.4. The van der Waals surface area contributed by atoms with Crippen LogP contribution in [-0.2, 0) is 0 Å². The SMILES string of the molecule is CC(O)CO.OB(O)c1ccccc1. The summed E-state index contributed by atoms with van der Waals surface area (Å²) in [5.74, 6) is 0. The first kappa shape index (κ1) is 13.1. The predicted molar refractivity (Wildman–Crippen MR) is 55.0 cm³/mol. The molecular weight excluding hydrogens is 183 g/mol. The van der Waals surface area contributed by atoms with Crippen molar-refractivity contribution in [1.29, 1.82) is 0 Å². The topological polar surface area (TPSA) is 80.9 Å². The molecule has 0 aliphatic rings. The maximum Gasteiger partial charge on any atom is 0.488 e. The van der Waals surface area contributed by atoms with Crippen LogP contribution < -0.4 is 5.46 Å². The van der Waals surface area contributed by atoms with E-state index in [1.807, 2.05) is 6.07 Å². The molecule has 0 saturated carbocycles. The van der Waals surface area contributed by atoms with Gasteiger partial charge in [0.2, 0.25) is 0 Å². The van der Waals surface area contributed by atoms with Gasteiger partial charge in [-0.3, -0.25) is 0 Å². The molecule has 1 unspecified atom stereocenters. The third-order valence-electron chi connectivity index (χ3n) is 1.36. The Bertz CT molecular complexity index is 226. The first-order valence-electron chi connectivity index (χ1n) is 4.28. The van der Waals surface area contributed by atoms with Crippen molar-refractivity contribution in [2.75, 3.05) is 6.61 Å². The van der Waals surface area contributed by atoms with Gasteiger partial charge < -0.3 is 20.3 Å². The van der Waals surface area contributed by atoms with E-state index in [-0.39, 0.29) is 6.61 Å². The van der Waals surface area contributed by atoms with E-state index in [0.717, 1.165) is 0 Å². The highest BCUT2D eigenvalue weighted by Crippen LogP contribution is 1.82. The lowest BCUT2D eigenvalue weighted by Gasteiger charge is -1.94. The van der Waals surface area contributed by atoms with Crippen LogP contribution in [0, 0.1) is 0 Å². The molecule has 1 rings (SSSR count). The summed E-state index contributed by atoms with van der Waals surface area (Å²) in [4.78, 5) is 0. The van der Waals surface area contributed by atoms with Gasteiger partial charge in [-0.1, -0.05) is 30.3 Å². The maximum atomic E-state index is 8.58. The minimum Gasteiger partial charge on any atom is -0.423 e. The normalized spacial score (nSPS) is 11.2. The molecule has 0 fully saturated rings. The summed E-state index contributed by atoms with van der Waals surface area (Å²) >= 11 is 0. The number of aliphatic hydroxyl groups is 2. The van der Waals surface area contributed by atoms with Crippen LogP contribution in [-0.4, -0.2) is 40.1 Å². The minimum atomic E-state index is -1.34. The molecule has 1 aromatic rings. The largest absolute Gasteiger partial charge is 0.488 e. The van der Waals surface area contributed by atoms with Crippen molar-refractivity contribution in [3.8, 4) is 0 Å². The predicted octanol–water partition coefficient (Wildman–Crippen LogP) is -1.27. The first-order valence-corrected chi connectivity index (χ1v) is 4.28. The van der Waals surface area contributed by atoms with E-state index in [9.17, 15) is 0 Å². The Kier molecular flexibility index (Phi) is 7.05. The Hall–Kier alpha value is -0.875. The third-order valence-corrected chi connectivity index (χ3v) is 1.36. The average Bonchev–Trinajstić information content (AvgIpc) is 2.20. The van der Waals surface area contributed by atoms with Gasteiger partial charge in [-0.25, -0.2) is 0 Å². The van der Waals surface area contributed by atoms with E-state index in [2.05, 4.69) is 0 Å². The van der Waals surface area contributed by atoms with Crippen molar-refractivity contribution < 1.29 is 20.3 Å². The van der Waals surface area contributed by atoms with Gasteiger partial charge in [-0.2, -0.15) is 0 Å². The van der Waals surface area contributed by atoms with E-state index >= 15 is 0 Å². The second-order valence-electron chi connectivity index (χ2n) is 2.82. The van der Waals surface area contributed by atoms with Crippen molar-refractivity contribution >= 4 is 12.6 Å². The highest BCUT2D eigenvalue weighted by molar-refractivity contribution is 6.58. The standard InChI is InChI=1S/C6H7BO2.C3H8O2/c8-7(9)6-4-2-1-3-5-6;1-3(5)2-4/h1-5,8-9H;3-5H,2H2,1H3. The molecular formula is C9H15BO4. The van der Waals surface area contributed by atoms with Gasteiger partial charge in [0.1, 0.15) is 0 Å². The van der Waals surface area contributed by atoms with Crippen molar-refractivity contribution in [2.45, 2.75) is 13.0 Å². The monoisotopic (exact) mass is 198 g/mol. The van der Waals surface area contributed by atoms with Crippen LogP contribution in [0.1, 0.15) is 6.92 Å².